The monoisotopic (exact) mass is 417 g/mol. The number of carboxylic acids is 1. The van der Waals surface area contributed by atoms with Gasteiger partial charge in [0.1, 0.15) is 17.3 Å². The maximum absolute atomic E-state index is 14.2. The molecule has 30 heavy (non-hydrogen) atoms. The van der Waals surface area contributed by atoms with Crippen LogP contribution in [0.25, 0.3) is 0 Å². The second-order valence-electron chi connectivity index (χ2n) is 7.48. The minimum atomic E-state index is -4.39. The van der Waals surface area contributed by atoms with Gasteiger partial charge in [0.25, 0.3) is 0 Å². The smallest absolute Gasteiger partial charge is 0.338 e. The summed E-state index contributed by atoms with van der Waals surface area (Å²) in [5.74, 6) is -7.50. The maximum atomic E-state index is 14.2. The van der Waals surface area contributed by atoms with Crippen molar-refractivity contribution in [3.63, 3.8) is 0 Å². The van der Waals surface area contributed by atoms with E-state index in [2.05, 4.69) is 6.92 Å². The molecule has 0 aromatic heterocycles. The second kappa shape index (κ2) is 8.81. The molecule has 0 heterocycles. The molecule has 1 fully saturated rings. The van der Waals surface area contributed by atoms with Gasteiger partial charge in [0.2, 0.25) is 0 Å². The van der Waals surface area contributed by atoms with Crippen molar-refractivity contribution in [1.82, 2.24) is 0 Å². The van der Waals surface area contributed by atoms with Crippen LogP contribution in [-0.4, -0.2) is 23.5 Å². The van der Waals surface area contributed by atoms with Gasteiger partial charge in [-0.15, -0.1) is 0 Å². The first-order chi connectivity index (χ1) is 14.3. The Morgan fingerprint density at radius 1 is 1.07 bits per heavy atom. The van der Waals surface area contributed by atoms with E-state index in [9.17, 15) is 23.5 Å². The molecule has 0 N–H and O–H groups in total. The van der Waals surface area contributed by atoms with Gasteiger partial charge in [-0.3, -0.25) is 0 Å². The lowest BCUT2D eigenvalue weighted by Gasteiger charge is -2.29. The van der Waals surface area contributed by atoms with Crippen LogP contribution in [0.1, 0.15) is 61.1 Å². The van der Waals surface area contributed by atoms with E-state index >= 15 is 0 Å². The SMILES string of the molecule is CCC1(Oc2ccc(C(=O)OC(c3ccccc3)C(F)(F)C(=O)[O-])cc2)CCCC1. The number of alkyl halides is 2. The molecule has 2 aromatic rings. The Kier molecular flexibility index (Phi) is 6.39. The molecule has 3 rings (SSSR count). The highest BCUT2D eigenvalue weighted by Gasteiger charge is 2.45. The van der Waals surface area contributed by atoms with Gasteiger partial charge in [0.15, 0.2) is 6.10 Å². The van der Waals surface area contributed by atoms with Crippen LogP contribution in [0.3, 0.4) is 0 Å². The van der Waals surface area contributed by atoms with Gasteiger partial charge in [0.05, 0.1) is 5.56 Å². The first-order valence-electron chi connectivity index (χ1n) is 9.92. The highest BCUT2D eigenvalue weighted by Crippen LogP contribution is 2.38. The summed E-state index contributed by atoms with van der Waals surface area (Å²) >= 11 is 0. The van der Waals surface area contributed by atoms with Gasteiger partial charge in [-0.05, 0) is 61.9 Å². The number of carbonyl (C=O) groups excluding carboxylic acids is 2. The number of aliphatic carboxylic acids is 1. The maximum Gasteiger partial charge on any atom is 0.338 e. The number of hydrogen-bond donors (Lipinski definition) is 0. The lowest BCUT2D eigenvalue weighted by molar-refractivity contribution is -0.336. The minimum Gasteiger partial charge on any atom is -0.544 e. The number of ether oxygens (including phenoxy) is 2. The molecule has 1 aliphatic carbocycles. The van der Waals surface area contributed by atoms with E-state index < -0.39 is 24.0 Å². The summed E-state index contributed by atoms with van der Waals surface area (Å²) in [6.07, 6.45) is 2.69. The summed E-state index contributed by atoms with van der Waals surface area (Å²) in [6, 6.07) is 13.0. The summed E-state index contributed by atoms with van der Waals surface area (Å²) in [5.41, 5.74) is -0.350. The Labute approximate surface area is 173 Å². The molecule has 5 nitrogen and oxygen atoms in total. The number of rotatable bonds is 8. The zero-order chi connectivity index (χ0) is 21.8. The van der Waals surface area contributed by atoms with Gasteiger partial charge >= 0.3 is 11.9 Å². The average Bonchev–Trinajstić information content (AvgIpc) is 3.21. The Bertz CT molecular complexity index is 874. The second-order valence-corrected chi connectivity index (χ2v) is 7.48. The van der Waals surface area contributed by atoms with Crippen LogP contribution in [-0.2, 0) is 9.53 Å². The van der Waals surface area contributed by atoms with Crippen LogP contribution in [0, 0.1) is 0 Å². The minimum absolute atomic E-state index is 0.00870. The molecule has 160 valence electrons. The van der Waals surface area contributed by atoms with E-state index in [-0.39, 0.29) is 16.7 Å². The molecule has 1 atom stereocenters. The predicted molar refractivity (Wildman–Crippen MR) is 103 cm³/mol. The van der Waals surface area contributed by atoms with Gasteiger partial charge in [-0.2, -0.15) is 8.78 Å². The Morgan fingerprint density at radius 3 is 2.20 bits per heavy atom. The Morgan fingerprint density at radius 2 is 1.67 bits per heavy atom. The third-order valence-corrected chi connectivity index (χ3v) is 5.51. The van der Waals surface area contributed by atoms with Crippen LogP contribution in [0.2, 0.25) is 0 Å². The molecule has 0 spiro atoms. The summed E-state index contributed by atoms with van der Waals surface area (Å²) in [5, 5.41) is 11.0. The van der Waals surface area contributed by atoms with Crippen molar-refractivity contribution in [2.45, 2.75) is 56.7 Å². The van der Waals surface area contributed by atoms with Crippen LogP contribution < -0.4 is 9.84 Å². The molecular formula is C23H23F2O5-. The van der Waals surface area contributed by atoms with E-state index in [1.165, 1.54) is 36.4 Å². The van der Waals surface area contributed by atoms with Crippen molar-refractivity contribution < 1.29 is 33.0 Å². The van der Waals surface area contributed by atoms with E-state index in [4.69, 9.17) is 9.47 Å². The fourth-order valence-corrected chi connectivity index (χ4v) is 3.72. The molecule has 0 amide bonds. The predicted octanol–water partition coefficient (Wildman–Crippen LogP) is 4.07. The van der Waals surface area contributed by atoms with Gasteiger partial charge < -0.3 is 19.4 Å². The topological polar surface area (TPSA) is 75.7 Å². The van der Waals surface area contributed by atoms with E-state index in [0.29, 0.717) is 5.75 Å². The fourth-order valence-electron chi connectivity index (χ4n) is 3.72. The normalized spacial score (nSPS) is 16.6. The van der Waals surface area contributed by atoms with Gasteiger partial charge in [0, 0.05) is 0 Å². The zero-order valence-corrected chi connectivity index (χ0v) is 16.6. The van der Waals surface area contributed by atoms with Crippen molar-refractivity contribution in [3.05, 3.63) is 65.7 Å². The van der Waals surface area contributed by atoms with Crippen LogP contribution >= 0.6 is 0 Å². The molecule has 2 aromatic carbocycles. The summed E-state index contributed by atoms with van der Waals surface area (Å²) in [7, 11) is 0. The molecule has 0 aliphatic heterocycles. The molecule has 0 bridgehead atoms. The van der Waals surface area contributed by atoms with Crippen molar-refractivity contribution in [2.75, 3.05) is 0 Å². The van der Waals surface area contributed by atoms with Crippen LogP contribution in [0.15, 0.2) is 54.6 Å². The molecule has 1 saturated carbocycles. The first kappa shape index (κ1) is 21.7. The van der Waals surface area contributed by atoms with Gasteiger partial charge in [-0.1, -0.05) is 37.3 Å². The number of halogens is 2. The van der Waals surface area contributed by atoms with Gasteiger partial charge in [-0.25, -0.2) is 4.79 Å². The standard InChI is InChI=1S/C23H24F2O5/c1-2-22(14-6-7-15-22)30-18-12-10-17(11-13-18)20(26)29-19(23(24,25)21(27)28)16-8-4-3-5-9-16/h3-5,8-13,19H,2,6-7,14-15H2,1H3,(H,27,28)/p-1. The van der Waals surface area contributed by atoms with E-state index in [1.54, 1.807) is 18.2 Å². The van der Waals surface area contributed by atoms with Crippen molar-refractivity contribution in [3.8, 4) is 5.75 Å². The summed E-state index contributed by atoms with van der Waals surface area (Å²) in [6.45, 7) is 2.07. The number of carbonyl (C=O) groups is 2. The van der Waals surface area contributed by atoms with Crippen LogP contribution in [0.4, 0.5) is 8.78 Å². The highest BCUT2D eigenvalue weighted by molar-refractivity contribution is 5.90. The lowest BCUT2D eigenvalue weighted by Crippen LogP contribution is -2.47. The molecule has 0 radical (unpaired) electrons. The molecule has 1 unspecified atom stereocenters. The summed E-state index contributed by atoms with van der Waals surface area (Å²) < 4.78 is 39.4. The third-order valence-electron chi connectivity index (χ3n) is 5.51. The largest absolute Gasteiger partial charge is 0.544 e. The number of esters is 1. The summed E-state index contributed by atoms with van der Waals surface area (Å²) in [4.78, 5) is 23.4. The molecule has 1 aliphatic rings. The molecule has 7 heteroatoms. The zero-order valence-electron chi connectivity index (χ0n) is 16.6. The quantitative estimate of drug-likeness (QED) is 0.605. The van der Waals surface area contributed by atoms with Crippen molar-refractivity contribution in [1.29, 1.82) is 0 Å². The fraction of sp³-hybridized carbons (Fsp3) is 0.391. The lowest BCUT2D eigenvalue weighted by atomic mass is 9.99. The molecular weight excluding hydrogens is 394 g/mol. The number of carboxylic acid groups (broad SMARTS) is 1. The Hall–Kier alpha value is -2.96. The first-order valence-corrected chi connectivity index (χ1v) is 9.92. The Balaban J connectivity index is 1.77. The number of benzene rings is 2. The molecule has 0 saturated heterocycles. The highest BCUT2D eigenvalue weighted by atomic mass is 19.3. The van der Waals surface area contributed by atoms with Crippen LogP contribution in [0.5, 0.6) is 5.75 Å². The van der Waals surface area contributed by atoms with Crippen molar-refractivity contribution in [2.24, 2.45) is 0 Å². The third kappa shape index (κ3) is 4.61. The van der Waals surface area contributed by atoms with E-state index in [0.717, 1.165) is 32.1 Å². The average molecular weight is 417 g/mol. The number of hydrogen-bond acceptors (Lipinski definition) is 5. The van der Waals surface area contributed by atoms with E-state index in [1.807, 2.05) is 0 Å². The van der Waals surface area contributed by atoms with Crippen molar-refractivity contribution >= 4 is 11.9 Å².